The lowest BCUT2D eigenvalue weighted by Gasteiger charge is -2.34. The topological polar surface area (TPSA) is 87.7 Å². The van der Waals surface area contributed by atoms with Crippen LogP contribution >= 0.6 is 11.3 Å². The van der Waals surface area contributed by atoms with Crippen molar-refractivity contribution in [1.82, 2.24) is 10.2 Å². The molecule has 1 aliphatic carbocycles. The van der Waals surface area contributed by atoms with Gasteiger partial charge in [-0.3, -0.25) is 14.5 Å². The first-order valence-corrected chi connectivity index (χ1v) is 12.3. The Morgan fingerprint density at radius 2 is 1.91 bits per heavy atom. The maximum absolute atomic E-state index is 13.1. The van der Waals surface area contributed by atoms with Gasteiger partial charge in [0.2, 0.25) is 5.91 Å². The minimum Gasteiger partial charge on any atom is -0.462 e. The summed E-state index contributed by atoms with van der Waals surface area (Å²) in [7, 11) is 1.54. The zero-order valence-corrected chi connectivity index (χ0v) is 20.6. The summed E-state index contributed by atoms with van der Waals surface area (Å²) in [5.74, 6) is -1.03. The van der Waals surface area contributed by atoms with Crippen molar-refractivity contribution in [1.29, 1.82) is 0 Å². The maximum Gasteiger partial charge on any atom is 0.341 e. The fourth-order valence-electron chi connectivity index (χ4n) is 4.40. The van der Waals surface area contributed by atoms with Crippen LogP contribution in [0, 0.1) is 6.92 Å². The number of anilines is 1. The molecule has 1 heterocycles. The highest BCUT2D eigenvalue weighted by atomic mass is 32.1. The van der Waals surface area contributed by atoms with E-state index in [0.29, 0.717) is 21.5 Å². The number of thiophene rings is 1. The number of esters is 1. The Bertz CT molecular complexity index is 1020. The Labute approximate surface area is 199 Å². The van der Waals surface area contributed by atoms with Gasteiger partial charge >= 0.3 is 5.97 Å². The van der Waals surface area contributed by atoms with Gasteiger partial charge in [-0.15, -0.1) is 11.3 Å². The van der Waals surface area contributed by atoms with Crippen LogP contribution in [0.4, 0.5) is 5.00 Å². The molecule has 1 aliphatic rings. The Hall–Kier alpha value is -2.71. The SMILES string of the molecule is CCCN(CC(=O)Nc1sc(C(=O)NC)c(C)c1C(=O)OCC)C1CCc2ccccc2C1. The first-order chi connectivity index (χ1) is 15.9. The third-order valence-electron chi connectivity index (χ3n) is 6.01. The Morgan fingerprint density at radius 1 is 1.18 bits per heavy atom. The highest BCUT2D eigenvalue weighted by Gasteiger charge is 2.28. The maximum atomic E-state index is 13.1. The molecule has 1 atom stereocenters. The van der Waals surface area contributed by atoms with Gasteiger partial charge in [0.1, 0.15) is 5.00 Å². The predicted octanol–water partition coefficient (Wildman–Crippen LogP) is 3.80. The van der Waals surface area contributed by atoms with Gasteiger partial charge in [0.05, 0.1) is 23.6 Å². The Kier molecular flexibility index (Phi) is 8.63. The molecule has 2 amide bonds. The van der Waals surface area contributed by atoms with Gasteiger partial charge in [-0.2, -0.15) is 0 Å². The van der Waals surface area contributed by atoms with Crippen molar-refractivity contribution in [2.75, 3.05) is 32.1 Å². The number of carbonyl (C=O) groups is 3. The molecular weight excluding hydrogens is 438 g/mol. The van der Waals surface area contributed by atoms with Gasteiger partial charge in [-0.05, 0) is 62.8 Å². The first kappa shape index (κ1) is 24.9. The average molecular weight is 472 g/mol. The number of aryl methyl sites for hydroxylation is 1. The summed E-state index contributed by atoms with van der Waals surface area (Å²) < 4.78 is 5.18. The van der Waals surface area contributed by atoms with Gasteiger partial charge in [0.25, 0.3) is 5.91 Å². The molecule has 0 radical (unpaired) electrons. The summed E-state index contributed by atoms with van der Waals surface area (Å²) in [6.07, 6.45) is 3.89. The zero-order chi connectivity index (χ0) is 24.0. The van der Waals surface area contributed by atoms with Crippen molar-refractivity contribution in [2.24, 2.45) is 0 Å². The summed E-state index contributed by atoms with van der Waals surface area (Å²) in [6, 6.07) is 8.79. The molecule has 33 heavy (non-hydrogen) atoms. The molecule has 0 aliphatic heterocycles. The van der Waals surface area contributed by atoms with E-state index in [2.05, 4.69) is 46.7 Å². The van der Waals surface area contributed by atoms with Crippen LogP contribution in [0.2, 0.25) is 0 Å². The number of benzene rings is 1. The molecule has 0 saturated carbocycles. The first-order valence-electron chi connectivity index (χ1n) is 11.5. The van der Waals surface area contributed by atoms with Crippen molar-refractivity contribution in [3.63, 3.8) is 0 Å². The van der Waals surface area contributed by atoms with Crippen LogP contribution in [0.25, 0.3) is 0 Å². The number of carbonyl (C=O) groups excluding carboxylic acids is 3. The normalized spacial score (nSPS) is 15.1. The van der Waals surface area contributed by atoms with Crippen LogP contribution in [0.5, 0.6) is 0 Å². The van der Waals surface area contributed by atoms with E-state index in [1.54, 1.807) is 13.8 Å². The second-order valence-corrected chi connectivity index (χ2v) is 9.26. The molecule has 1 aromatic heterocycles. The summed E-state index contributed by atoms with van der Waals surface area (Å²) >= 11 is 1.10. The van der Waals surface area contributed by atoms with E-state index >= 15 is 0 Å². The van der Waals surface area contributed by atoms with Crippen molar-refractivity contribution in [2.45, 2.75) is 52.5 Å². The van der Waals surface area contributed by atoms with Gasteiger partial charge in [-0.25, -0.2) is 4.79 Å². The number of amides is 2. The lowest BCUT2D eigenvalue weighted by Crippen LogP contribution is -2.44. The van der Waals surface area contributed by atoms with Crippen molar-refractivity contribution >= 4 is 34.1 Å². The minimum atomic E-state index is -0.536. The number of hydrogen-bond acceptors (Lipinski definition) is 6. The quantitative estimate of drug-likeness (QED) is 0.543. The highest BCUT2D eigenvalue weighted by molar-refractivity contribution is 7.18. The monoisotopic (exact) mass is 471 g/mol. The third kappa shape index (κ3) is 5.81. The average Bonchev–Trinajstić information content (AvgIpc) is 3.13. The van der Waals surface area contributed by atoms with E-state index in [1.165, 1.54) is 18.2 Å². The molecule has 0 bridgehead atoms. The Morgan fingerprint density at radius 3 is 2.58 bits per heavy atom. The van der Waals surface area contributed by atoms with Crippen LogP contribution in [0.3, 0.4) is 0 Å². The smallest absolute Gasteiger partial charge is 0.341 e. The minimum absolute atomic E-state index is 0.197. The lowest BCUT2D eigenvalue weighted by molar-refractivity contribution is -0.117. The number of nitrogens with one attached hydrogen (secondary N) is 2. The van der Waals surface area contributed by atoms with Gasteiger partial charge in [0.15, 0.2) is 0 Å². The molecule has 1 unspecified atom stereocenters. The van der Waals surface area contributed by atoms with E-state index < -0.39 is 5.97 Å². The van der Waals surface area contributed by atoms with E-state index in [4.69, 9.17) is 4.74 Å². The van der Waals surface area contributed by atoms with E-state index in [1.807, 2.05) is 0 Å². The summed E-state index contributed by atoms with van der Waals surface area (Å²) in [5, 5.41) is 5.84. The number of fused-ring (bicyclic) bond motifs is 1. The van der Waals surface area contributed by atoms with Gasteiger partial charge < -0.3 is 15.4 Å². The lowest BCUT2D eigenvalue weighted by atomic mass is 9.87. The molecule has 178 valence electrons. The van der Waals surface area contributed by atoms with E-state index in [-0.39, 0.29) is 30.5 Å². The summed E-state index contributed by atoms with van der Waals surface area (Å²) in [5.41, 5.74) is 3.51. The Balaban J connectivity index is 1.78. The number of nitrogens with zero attached hydrogens (tertiary/aromatic N) is 1. The number of hydrogen-bond donors (Lipinski definition) is 2. The van der Waals surface area contributed by atoms with Crippen molar-refractivity contribution in [3.05, 3.63) is 51.4 Å². The molecule has 0 spiro atoms. The van der Waals surface area contributed by atoms with E-state index in [0.717, 1.165) is 43.6 Å². The van der Waals surface area contributed by atoms with Crippen LogP contribution in [0.15, 0.2) is 24.3 Å². The van der Waals surface area contributed by atoms with Crippen LogP contribution in [0.1, 0.15) is 63.4 Å². The van der Waals surface area contributed by atoms with Crippen LogP contribution in [-0.4, -0.2) is 55.5 Å². The third-order valence-corrected chi connectivity index (χ3v) is 7.21. The van der Waals surface area contributed by atoms with Crippen molar-refractivity contribution < 1.29 is 19.1 Å². The summed E-state index contributed by atoms with van der Waals surface area (Å²) in [6.45, 7) is 6.80. The van der Waals surface area contributed by atoms with Gasteiger partial charge in [-0.1, -0.05) is 31.2 Å². The molecule has 0 saturated heterocycles. The standard InChI is InChI=1S/C25H33N3O4S/c1-5-13-28(19-12-11-17-9-7-8-10-18(17)14-19)15-20(29)27-24-21(25(31)32-6-2)16(3)22(33-24)23(30)26-4/h7-10,19H,5-6,11-15H2,1-4H3,(H,26,30)(H,27,29). The van der Waals surface area contributed by atoms with Gasteiger partial charge in [0, 0.05) is 13.1 Å². The highest BCUT2D eigenvalue weighted by Crippen LogP contribution is 2.34. The largest absolute Gasteiger partial charge is 0.462 e. The van der Waals surface area contributed by atoms with E-state index in [9.17, 15) is 14.4 Å². The molecule has 0 fully saturated rings. The molecule has 3 rings (SSSR count). The fraction of sp³-hybridized carbons (Fsp3) is 0.480. The molecule has 2 N–H and O–H groups in total. The molecule has 8 heteroatoms. The summed E-state index contributed by atoms with van der Waals surface area (Å²) in [4.78, 5) is 40.5. The molecular formula is C25H33N3O4S. The fourth-order valence-corrected chi connectivity index (χ4v) is 5.56. The second-order valence-electron chi connectivity index (χ2n) is 8.24. The van der Waals surface area contributed by atoms with Crippen LogP contribution in [-0.2, 0) is 22.4 Å². The molecule has 2 aromatic rings. The predicted molar refractivity (Wildman–Crippen MR) is 131 cm³/mol. The van der Waals surface area contributed by atoms with Crippen molar-refractivity contribution in [3.8, 4) is 0 Å². The zero-order valence-electron chi connectivity index (χ0n) is 19.8. The number of rotatable bonds is 9. The molecule has 1 aromatic carbocycles. The second kappa shape index (κ2) is 11.4. The number of ether oxygens (including phenoxy) is 1. The molecule has 7 nitrogen and oxygen atoms in total. The van der Waals surface area contributed by atoms with Crippen LogP contribution < -0.4 is 10.6 Å².